The van der Waals surface area contributed by atoms with Crippen LogP contribution in [0.3, 0.4) is 0 Å². The maximum absolute atomic E-state index is 12.7. The molecule has 3 rings (SSSR count). The standard InChI is InChI=1S/C23H35N5O3.HI/c1-3-31-23(30)28-15-13-27(14-16-28)22(24-2)25-18-21(29)26-11-9-20(10-12-26)17-19-7-5-4-6-8-19;/h4-8,20H,3,9-18H2,1-2H3,(H,24,25);1H. The highest BCUT2D eigenvalue weighted by molar-refractivity contribution is 14.0. The molecule has 2 amide bonds. The third-order valence-electron chi connectivity index (χ3n) is 6.05. The van der Waals surface area contributed by atoms with Gasteiger partial charge in [-0.05, 0) is 37.7 Å². The number of aliphatic imine (C=N–C) groups is 1. The molecule has 9 heteroatoms. The Labute approximate surface area is 208 Å². The summed E-state index contributed by atoms with van der Waals surface area (Å²) in [4.78, 5) is 34.6. The van der Waals surface area contributed by atoms with Crippen molar-refractivity contribution >= 4 is 41.9 Å². The van der Waals surface area contributed by atoms with Crippen molar-refractivity contribution in [2.24, 2.45) is 10.9 Å². The molecule has 2 aliphatic rings. The Kier molecular flexibility index (Phi) is 11.1. The lowest BCUT2D eigenvalue weighted by Gasteiger charge is -2.36. The molecule has 0 spiro atoms. The predicted molar refractivity (Wildman–Crippen MR) is 136 cm³/mol. The van der Waals surface area contributed by atoms with Crippen LogP contribution in [-0.4, -0.2) is 92.1 Å². The number of likely N-dealkylation sites (tertiary alicyclic amines) is 1. The second-order valence-corrected chi connectivity index (χ2v) is 8.09. The molecule has 0 aromatic heterocycles. The van der Waals surface area contributed by atoms with E-state index in [0.717, 1.165) is 32.4 Å². The fourth-order valence-electron chi connectivity index (χ4n) is 4.25. The summed E-state index contributed by atoms with van der Waals surface area (Å²) in [6, 6.07) is 10.6. The lowest BCUT2D eigenvalue weighted by atomic mass is 9.90. The van der Waals surface area contributed by atoms with Gasteiger partial charge < -0.3 is 24.8 Å². The van der Waals surface area contributed by atoms with E-state index in [4.69, 9.17) is 4.74 Å². The first-order valence-electron chi connectivity index (χ1n) is 11.3. The molecule has 0 aliphatic carbocycles. The SMILES string of the molecule is CCOC(=O)N1CCN(C(=NC)NCC(=O)N2CCC(Cc3ccccc3)CC2)CC1.I. The Bertz CT molecular complexity index is 745. The number of halogens is 1. The van der Waals surface area contributed by atoms with E-state index < -0.39 is 0 Å². The Morgan fingerprint density at radius 2 is 1.62 bits per heavy atom. The number of hydrogen-bond donors (Lipinski definition) is 1. The van der Waals surface area contributed by atoms with E-state index in [2.05, 4.69) is 39.5 Å². The van der Waals surface area contributed by atoms with E-state index in [1.54, 1.807) is 11.9 Å². The average Bonchev–Trinajstić information content (AvgIpc) is 2.81. The third kappa shape index (κ3) is 7.53. The van der Waals surface area contributed by atoms with Crippen molar-refractivity contribution in [3.05, 3.63) is 35.9 Å². The molecule has 1 aromatic carbocycles. The van der Waals surface area contributed by atoms with Crippen molar-refractivity contribution < 1.29 is 14.3 Å². The zero-order chi connectivity index (χ0) is 22.1. The second kappa shape index (κ2) is 13.5. The molecule has 32 heavy (non-hydrogen) atoms. The zero-order valence-corrected chi connectivity index (χ0v) is 21.5. The van der Waals surface area contributed by atoms with E-state index in [-0.39, 0.29) is 42.5 Å². The average molecular weight is 557 g/mol. The summed E-state index contributed by atoms with van der Waals surface area (Å²) in [6.07, 6.45) is 2.91. The molecule has 1 N–H and O–H groups in total. The number of piperidine rings is 1. The summed E-state index contributed by atoms with van der Waals surface area (Å²) < 4.78 is 5.06. The first kappa shape index (κ1) is 26.2. The summed E-state index contributed by atoms with van der Waals surface area (Å²) in [6.45, 7) is 6.56. The van der Waals surface area contributed by atoms with Gasteiger partial charge in [0.2, 0.25) is 5.91 Å². The van der Waals surface area contributed by atoms with Gasteiger partial charge in [-0.1, -0.05) is 30.3 Å². The number of nitrogens with one attached hydrogen (secondary N) is 1. The van der Waals surface area contributed by atoms with Crippen LogP contribution >= 0.6 is 24.0 Å². The maximum atomic E-state index is 12.7. The van der Waals surface area contributed by atoms with Crippen LogP contribution in [0.5, 0.6) is 0 Å². The van der Waals surface area contributed by atoms with Crippen molar-refractivity contribution in [2.45, 2.75) is 26.2 Å². The smallest absolute Gasteiger partial charge is 0.409 e. The van der Waals surface area contributed by atoms with Crippen LogP contribution < -0.4 is 5.32 Å². The van der Waals surface area contributed by atoms with Gasteiger partial charge in [0.15, 0.2) is 5.96 Å². The monoisotopic (exact) mass is 557 g/mol. The van der Waals surface area contributed by atoms with Gasteiger partial charge in [-0.3, -0.25) is 9.79 Å². The van der Waals surface area contributed by atoms with Crippen molar-refractivity contribution in [2.75, 3.05) is 59.5 Å². The molecule has 2 heterocycles. The molecular formula is C23H36IN5O3. The minimum Gasteiger partial charge on any atom is -0.450 e. The van der Waals surface area contributed by atoms with Crippen molar-refractivity contribution in [3.8, 4) is 0 Å². The molecule has 0 unspecified atom stereocenters. The number of hydrogen-bond acceptors (Lipinski definition) is 4. The highest BCUT2D eigenvalue weighted by atomic mass is 127. The molecule has 0 bridgehead atoms. The van der Waals surface area contributed by atoms with Gasteiger partial charge in [0.25, 0.3) is 0 Å². The molecule has 0 saturated carbocycles. The largest absolute Gasteiger partial charge is 0.450 e. The lowest BCUT2D eigenvalue weighted by Crippen LogP contribution is -2.55. The minimum atomic E-state index is -0.268. The summed E-state index contributed by atoms with van der Waals surface area (Å²) >= 11 is 0. The predicted octanol–water partition coefficient (Wildman–Crippen LogP) is 2.44. The fourth-order valence-corrected chi connectivity index (χ4v) is 4.25. The van der Waals surface area contributed by atoms with Crippen molar-refractivity contribution in [1.82, 2.24) is 20.0 Å². The van der Waals surface area contributed by atoms with Gasteiger partial charge in [-0.2, -0.15) is 0 Å². The zero-order valence-electron chi connectivity index (χ0n) is 19.2. The van der Waals surface area contributed by atoms with Crippen molar-refractivity contribution in [1.29, 1.82) is 0 Å². The van der Waals surface area contributed by atoms with Crippen LogP contribution in [0.1, 0.15) is 25.3 Å². The van der Waals surface area contributed by atoms with E-state index in [9.17, 15) is 9.59 Å². The van der Waals surface area contributed by atoms with Crippen LogP contribution in [0.25, 0.3) is 0 Å². The van der Waals surface area contributed by atoms with Crippen LogP contribution in [0.2, 0.25) is 0 Å². The molecule has 8 nitrogen and oxygen atoms in total. The molecule has 178 valence electrons. The van der Waals surface area contributed by atoms with Crippen molar-refractivity contribution in [3.63, 3.8) is 0 Å². The van der Waals surface area contributed by atoms with E-state index in [0.29, 0.717) is 44.7 Å². The molecule has 0 radical (unpaired) electrons. The number of nitrogens with zero attached hydrogens (tertiary/aromatic N) is 4. The lowest BCUT2D eigenvalue weighted by molar-refractivity contribution is -0.131. The van der Waals surface area contributed by atoms with Crippen LogP contribution in [0.4, 0.5) is 4.79 Å². The minimum absolute atomic E-state index is 0. The second-order valence-electron chi connectivity index (χ2n) is 8.09. The number of carbonyl (C=O) groups excluding carboxylic acids is 2. The first-order chi connectivity index (χ1) is 15.1. The molecular weight excluding hydrogens is 521 g/mol. The van der Waals surface area contributed by atoms with Crippen LogP contribution in [0.15, 0.2) is 35.3 Å². The van der Waals surface area contributed by atoms with E-state index in [1.807, 2.05) is 17.9 Å². The van der Waals surface area contributed by atoms with Gasteiger partial charge in [0.05, 0.1) is 13.2 Å². The number of amides is 2. The third-order valence-corrected chi connectivity index (χ3v) is 6.05. The molecule has 2 aliphatic heterocycles. The highest BCUT2D eigenvalue weighted by Gasteiger charge is 2.26. The first-order valence-corrected chi connectivity index (χ1v) is 11.3. The number of guanidine groups is 1. The number of rotatable bonds is 5. The summed E-state index contributed by atoms with van der Waals surface area (Å²) in [5.41, 5.74) is 1.38. The van der Waals surface area contributed by atoms with Gasteiger partial charge in [-0.25, -0.2) is 4.79 Å². The Morgan fingerprint density at radius 3 is 2.22 bits per heavy atom. The van der Waals surface area contributed by atoms with E-state index >= 15 is 0 Å². The highest BCUT2D eigenvalue weighted by Crippen LogP contribution is 2.21. The summed E-state index contributed by atoms with van der Waals surface area (Å²) in [7, 11) is 1.72. The Hall–Kier alpha value is -2.04. The maximum Gasteiger partial charge on any atom is 0.409 e. The number of piperazine rings is 1. The van der Waals surface area contributed by atoms with Crippen LogP contribution in [-0.2, 0) is 16.0 Å². The summed E-state index contributed by atoms with van der Waals surface area (Å²) in [5, 5.41) is 3.21. The molecule has 0 atom stereocenters. The van der Waals surface area contributed by atoms with Gasteiger partial charge in [0, 0.05) is 46.3 Å². The fraction of sp³-hybridized carbons (Fsp3) is 0.609. The quantitative estimate of drug-likeness (QED) is 0.342. The number of benzene rings is 1. The van der Waals surface area contributed by atoms with E-state index in [1.165, 1.54) is 5.56 Å². The Balaban J connectivity index is 0.00000363. The number of carbonyl (C=O) groups is 2. The molecule has 1 aromatic rings. The Morgan fingerprint density at radius 1 is 1.00 bits per heavy atom. The van der Waals surface area contributed by atoms with Gasteiger partial charge >= 0.3 is 6.09 Å². The summed E-state index contributed by atoms with van der Waals surface area (Å²) in [5.74, 6) is 1.46. The number of ether oxygens (including phenoxy) is 1. The van der Waals surface area contributed by atoms with Gasteiger partial charge in [0.1, 0.15) is 0 Å². The normalized spacial score (nSPS) is 17.6. The van der Waals surface area contributed by atoms with Crippen LogP contribution in [0, 0.1) is 5.92 Å². The molecule has 2 saturated heterocycles. The van der Waals surface area contributed by atoms with Gasteiger partial charge in [-0.15, -0.1) is 24.0 Å². The topological polar surface area (TPSA) is 77.5 Å². The molecule has 2 fully saturated rings.